The Kier molecular flexibility index (Phi) is 4.35. The van der Waals surface area contributed by atoms with E-state index >= 15 is 0 Å². The molecule has 2 rings (SSSR count). The van der Waals surface area contributed by atoms with Crippen molar-refractivity contribution in [2.24, 2.45) is 0 Å². The van der Waals surface area contributed by atoms with Crippen LogP contribution in [0, 0.1) is 20.8 Å². The molecule has 0 saturated carbocycles. The smallest absolute Gasteiger partial charge is 0.331 e. The molecule has 0 N–H and O–H groups in total. The zero-order valence-corrected chi connectivity index (χ0v) is 11.8. The molecular formula is C16H17NO3. The molecule has 0 aliphatic carbocycles. The van der Waals surface area contributed by atoms with Crippen molar-refractivity contribution in [2.75, 3.05) is 0 Å². The highest BCUT2D eigenvalue weighted by Gasteiger charge is 2.07. The molecule has 1 aromatic carbocycles. The van der Waals surface area contributed by atoms with E-state index in [9.17, 15) is 4.79 Å². The standard InChI is InChI=1S/C16H17NO3/c1-11-4-6-14(7-5-11)8-9-16(18)19-10-15-17-12(2)13(3)20-15/h4-9H,10H2,1-3H3/b9-8+. The second-order valence-electron chi connectivity index (χ2n) is 4.60. The van der Waals surface area contributed by atoms with E-state index in [4.69, 9.17) is 9.15 Å². The van der Waals surface area contributed by atoms with Crippen molar-refractivity contribution < 1.29 is 13.9 Å². The zero-order valence-electron chi connectivity index (χ0n) is 11.8. The van der Waals surface area contributed by atoms with Crippen LogP contribution in [-0.2, 0) is 16.1 Å². The summed E-state index contributed by atoms with van der Waals surface area (Å²) in [5.41, 5.74) is 2.95. The fourth-order valence-corrected chi connectivity index (χ4v) is 1.62. The van der Waals surface area contributed by atoms with Gasteiger partial charge in [0, 0.05) is 6.08 Å². The van der Waals surface area contributed by atoms with Gasteiger partial charge in [0.2, 0.25) is 5.89 Å². The number of aromatic nitrogens is 1. The highest BCUT2D eigenvalue weighted by molar-refractivity contribution is 5.86. The van der Waals surface area contributed by atoms with Crippen LogP contribution < -0.4 is 0 Å². The zero-order chi connectivity index (χ0) is 14.5. The van der Waals surface area contributed by atoms with Crippen molar-refractivity contribution in [3.8, 4) is 0 Å². The van der Waals surface area contributed by atoms with Crippen LogP contribution in [0.4, 0.5) is 0 Å². The Morgan fingerprint density at radius 2 is 1.95 bits per heavy atom. The first-order chi connectivity index (χ1) is 9.54. The molecule has 2 aromatic rings. The Morgan fingerprint density at radius 1 is 1.25 bits per heavy atom. The molecule has 0 fully saturated rings. The van der Waals surface area contributed by atoms with Crippen LogP contribution in [0.25, 0.3) is 6.08 Å². The summed E-state index contributed by atoms with van der Waals surface area (Å²) < 4.78 is 10.4. The average molecular weight is 271 g/mol. The summed E-state index contributed by atoms with van der Waals surface area (Å²) in [7, 11) is 0. The van der Waals surface area contributed by atoms with Crippen molar-refractivity contribution in [1.82, 2.24) is 4.98 Å². The number of ether oxygens (including phenoxy) is 1. The first-order valence-electron chi connectivity index (χ1n) is 6.39. The van der Waals surface area contributed by atoms with Crippen LogP contribution >= 0.6 is 0 Å². The van der Waals surface area contributed by atoms with E-state index < -0.39 is 5.97 Å². The second kappa shape index (κ2) is 6.19. The number of carbonyl (C=O) groups is 1. The Morgan fingerprint density at radius 3 is 2.55 bits per heavy atom. The highest BCUT2D eigenvalue weighted by Crippen LogP contribution is 2.09. The van der Waals surface area contributed by atoms with Gasteiger partial charge in [-0.3, -0.25) is 0 Å². The molecule has 0 spiro atoms. The third-order valence-electron chi connectivity index (χ3n) is 2.90. The maximum absolute atomic E-state index is 11.6. The van der Waals surface area contributed by atoms with Crippen molar-refractivity contribution in [1.29, 1.82) is 0 Å². The molecule has 104 valence electrons. The molecular weight excluding hydrogens is 254 g/mol. The molecule has 0 aliphatic rings. The van der Waals surface area contributed by atoms with Gasteiger partial charge in [0.25, 0.3) is 0 Å². The summed E-state index contributed by atoms with van der Waals surface area (Å²) in [6.45, 7) is 5.74. The molecule has 4 nitrogen and oxygen atoms in total. The highest BCUT2D eigenvalue weighted by atomic mass is 16.5. The lowest BCUT2D eigenvalue weighted by atomic mass is 10.1. The molecule has 0 radical (unpaired) electrons. The average Bonchev–Trinajstić information content (AvgIpc) is 2.75. The molecule has 20 heavy (non-hydrogen) atoms. The molecule has 1 heterocycles. The number of nitrogens with zero attached hydrogens (tertiary/aromatic N) is 1. The van der Waals surface area contributed by atoms with Crippen LogP contribution in [-0.4, -0.2) is 11.0 Å². The fraction of sp³-hybridized carbons (Fsp3) is 0.250. The lowest BCUT2D eigenvalue weighted by Crippen LogP contribution is -2.00. The Labute approximate surface area is 118 Å². The molecule has 4 heteroatoms. The third-order valence-corrected chi connectivity index (χ3v) is 2.90. The van der Waals surface area contributed by atoms with Gasteiger partial charge >= 0.3 is 5.97 Å². The van der Waals surface area contributed by atoms with Crippen molar-refractivity contribution >= 4 is 12.0 Å². The molecule has 0 bridgehead atoms. The van der Waals surface area contributed by atoms with E-state index in [1.54, 1.807) is 6.08 Å². The molecule has 0 amide bonds. The van der Waals surface area contributed by atoms with E-state index in [0.29, 0.717) is 5.89 Å². The lowest BCUT2D eigenvalue weighted by Gasteiger charge is -1.98. The van der Waals surface area contributed by atoms with Crippen molar-refractivity contribution in [3.63, 3.8) is 0 Å². The number of esters is 1. The molecule has 0 saturated heterocycles. The van der Waals surface area contributed by atoms with E-state index in [0.717, 1.165) is 17.0 Å². The molecule has 0 unspecified atom stereocenters. The topological polar surface area (TPSA) is 52.3 Å². The number of hydrogen-bond donors (Lipinski definition) is 0. The minimum absolute atomic E-state index is 0.0474. The number of rotatable bonds is 4. The summed E-state index contributed by atoms with van der Waals surface area (Å²) >= 11 is 0. The molecule has 0 aliphatic heterocycles. The summed E-state index contributed by atoms with van der Waals surface area (Å²) in [5, 5.41) is 0. The van der Waals surface area contributed by atoms with Gasteiger partial charge in [-0.25, -0.2) is 9.78 Å². The van der Waals surface area contributed by atoms with Gasteiger partial charge in [-0.15, -0.1) is 0 Å². The number of aryl methyl sites for hydroxylation is 3. The van der Waals surface area contributed by atoms with Gasteiger partial charge in [-0.2, -0.15) is 0 Å². The van der Waals surface area contributed by atoms with E-state index in [2.05, 4.69) is 4.98 Å². The SMILES string of the molecule is Cc1ccc(/C=C/C(=O)OCc2nc(C)c(C)o2)cc1. The van der Waals surface area contributed by atoms with Crippen LogP contribution in [0.2, 0.25) is 0 Å². The van der Waals surface area contributed by atoms with Crippen molar-refractivity contribution in [2.45, 2.75) is 27.4 Å². The van der Waals surface area contributed by atoms with E-state index in [-0.39, 0.29) is 6.61 Å². The lowest BCUT2D eigenvalue weighted by molar-refractivity contribution is -0.139. The largest absolute Gasteiger partial charge is 0.453 e. The fourth-order valence-electron chi connectivity index (χ4n) is 1.62. The van der Waals surface area contributed by atoms with Crippen LogP contribution in [0.5, 0.6) is 0 Å². The number of carbonyl (C=O) groups excluding carboxylic acids is 1. The summed E-state index contributed by atoms with van der Waals surface area (Å²) in [6.07, 6.45) is 3.11. The Balaban J connectivity index is 1.87. The summed E-state index contributed by atoms with van der Waals surface area (Å²) in [4.78, 5) is 15.7. The number of benzene rings is 1. The normalized spacial score (nSPS) is 10.9. The van der Waals surface area contributed by atoms with Gasteiger partial charge in [-0.1, -0.05) is 29.8 Å². The van der Waals surface area contributed by atoms with Gasteiger partial charge in [0.1, 0.15) is 5.76 Å². The van der Waals surface area contributed by atoms with E-state index in [1.165, 1.54) is 11.6 Å². The van der Waals surface area contributed by atoms with Crippen LogP contribution in [0.15, 0.2) is 34.8 Å². The maximum atomic E-state index is 11.6. The first-order valence-corrected chi connectivity index (χ1v) is 6.39. The number of hydrogen-bond acceptors (Lipinski definition) is 4. The third kappa shape index (κ3) is 3.82. The summed E-state index contributed by atoms with van der Waals surface area (Å²) in [6, 6.07) is 7.87. The summed E-state index contributed by atoms with van der Waals surface area (Å²) in [5.74, 6) is 0.738. The van der Waals surface area contributed by atoms with Gasteiger partial charge < -0.3 is 9.15 Å². The van der Waals surface area contributed by atoms with Crippen LogP contribution in [0.1, 0.15) is 28.5 Å². The number of oxazole rings is 1. The van der Waals surface area contributed by atoms with E-state index in [1.807, 2.05) is 45.0 Å². The van der Waals surface area contributed by atoms with Gasteiger partial charge in [-0.05, 0) is 32.4 Å². The van der Waals surface area contributed by atoms with Gasteiger partial charge in [0.15, 0.2) is 6.61 Å². The Hall–Kier alpha value is -2.36. The minimum atomic E-state index is -0.418. The molecule has 0 atom stereocenters. The predicted molar refractivity (Wildman–Crippen MR) is 76.0 cm³/mol. The van der Waals surface area contributed by atoms with Crippen molar-refractivity contribution in [3.05, 3.63) is 58.8 Å². The minimum Gasteiger partial charge on any atom is -0.453 e. The monoisotopic (exact) mass is 271 g/mol. The predicted octanol–water partition coefficient (Wildman–Crippen LogP) is 3.36. The van der Waals surface area contributed by atoms with Gasteiger partial charge in [0.05, 0.1) is 5.69 Å². The molecule has 1 aromatic heterocycles. The van der Waals surface area contributed by atoms with Crippen LogP contribution in [0.3, 0.4) is 0 Å². The maximum Gasteiger partial charge on any atom is 0.331 e. The first kappa shape index (κ1) is 14.1. The Bertz CT molecular complexity index is 604. The quantitative estimate of drug-likeness (QED) is 0.632. The second-order valence-corrected chi connectivity index (χ2v) is 4.60.